The molecule has 16 heavy (non-hydrogen) atoms. The number of aliphatic hydroxyl groups is 1. The van der Waals surface area contributed by atoms with Gasteiger partial charge in [0.15, 0.2) is 0 Å². The largest absolute Gasteiger partial charge is 0.389 e. The summed E-state index contributed by atoms with van der Waals surface area (Å²) < 4.78 is 0. The summed E-state index contributed by atoms with van der Waals surface area (Å²) in [4.78, 5) is 0. The maximum Gasteiger partial charge on any atom is 0.0771 e. The molecule has 0 aromatic heterocycles. The van der Waals surface area contributed by atoms with Crippen LogP contribution in [0.25, 0.3) is 0 Å². The first-order chi connectivity index (χ1) is 7.77. The molecule has 2 nitrogen and oxygen atoms in total. The Balaban J connectivity index is 2.05. The zero-order valence-electron chi connectivity index (χ0n) is 10.6. The average molecular weight is 245 g/mol. The number of hydrogen-bond acceptors (Lipinski definition) is 3. The first-order valence-electron chi connectivity index (χ1n) is 6.78. The fourth-order valence-electron chi connectivity index (χ4n) is 2.33. The Labute approximate surface area is 105 Å². The highest BCUT2D eigenvalue weighted by atomic mass is 32.2. The third kappa shape index (κ3) is 6.12. The van der Waals surface area contributed by atoms with Crippen molar-refractivity contribution in [2.75, 3.05) is 24.6 Å². The lowest BCUT2D eigenvalue weighted by atomic mass is 9.94. The Hall–Kier alpha value is 0.270. The highest BCUT2D eigenvalue weighted by molar-refractivity contribution is 7.99. The first-order valence-corrected chi connectivity index (χ1v) is 7.93. The predicted molar refractivity (Wildman–Crippen MR) is 73.1 cm³/mol. The molecule has 0 aromatic carbocycles. The standard InChI is InChI=1S/C13H27NOS/c1-2-16-11-7-10-14-12-13(15)8-5-3-4-6-9-13/h14-15H,2-12H2,1H3. The van der Waals surface area contributed by atoms with Crippen molar-refractivity contribution in [3.8, 4) is 0 Å². The Morgan fingerprint density at radius 1 is 1.19 bits per heavy atom. The smallest absolute Gasteiger partial charge is 0.0771 e. The number of thioether (sulfide) groups is 1. The van der Waals surface area contributed by atoms with Gasteiger partial charge < -0.3 is 10.4 Å². The van der Waals surface area contributed by atoms with Gasteiger partial charge >= 0.3 is 0 Å². The van der Waals surface area contributed by atoms with Crippen LogP contribution in [0.5, 0.6) is 0 Å². The third-order valence-electron chi connectivity index (χ3n) is 3.33. The molecular formula is C13H27NOS. The molecular weight excluding hydrogens is 218 g/mol. The van der Waals surface area contributed by atoms with Gasteiger partial charge in [0.1, 0.15) is 0 Å². The van der Waals surface area contributed by atoms with E-state index < -0.39 is 5.60 Å². The summed E-state index contributed by atoms with van der Waals surface area (Å²) in [5, 5.41) is 13.8. The summed E-state index contributed by atoms with van der Waals surface area (Å²) in [6.07, 6.45) is 8.20. The van der Waals surface area contributed by atoms with E-state index in [1.54, 1.807) is 0 Å². The number of nitrogens with one attached hydrogen (secondary N) is 1. The summed E-state index contributed by atoms with van der Waals surface area (Å²) in [6, 6.07) is 0. The number of hydrogen-bond donors (Lipinski definition) is 2. The van der Waals surface area contributed by atoms with E-state index in [4.69, 9.17) is 0 Å². The molecule has 1 rings (SSSR count). The van der Waals surface area contributed by atoms with Crippen molar-refractivity contribution in [1.29, 1.82) is 0 Å². The van der Waals surface area contributed by atoms with Crippen LogP contribution >= 0.6 is 11.8 Å². The lowest BCUT2D eigenvalue weighted by Gasteiger charge is -2.26. The molecule has 0 unspecified atom stereocenters. The molecule has 0 heterocycles. The minimum atomic E-state index is -0.408. The molecule has 0 amide bonds. The molecule has 1 fully saturated rings. The van der Waals surface area contributed by atoms with Gasteiger partial charge in [-0.15, -0.1) is 0 Å². The molecule has 2 N–H and O–H groups in total. The van der Waals surface area contributed by atoms with Crippen LogP contribution in [0, 0.1) is 0 Å². The summed E-state index contributed by atoms with van der Waals surface area (Å²) in [7, 11) is 0. The summed E-state index contributed by atoms with van der Waals surface area (Å²) in [5.41, 5.74) is -0.408. The molecule has 1 saturated carbocycles. The fraction of sp³-hybridized carbons (Fsp3) is 1.00. The third-order valence-corrected chi connectivity index (χ3v) is 4.32. The Bertz CT molecular complexity index is 167. The van der Waals surface area contributed by atoms with Gasteiger partial charge in [-0.1, -0.05) is 32.6 Å². The summed E-state index contributed by atoms with van der Waals surface area (Å²) in [6.45, 7) is 4.05. The normalized spacial score (nSPS) is 20.6. The predicted octanol–water partition coefficient (Wildman–Crippen LogP) is 2.80. The fourth-order valence-corrected chi connectivity index (χ4v) is 2.97. The van der Waals surface area contributed by atoms with Crippen LogP contribution < -0.4 is 5.32 Å². The van der Waals surface area contributed by atoms with Crippen LogP contribution in [-0.2, 0) is 0 Å². The topological polar surface area (TPSA) is 32.3 Å². The maximum absolute atomic E-state index is 10.4. The van der Waals surface area contributed by atoms with E-state index in [1.165, 1.54) is 43.6 Å². The molecule has 0 atom stereocenters. The van der Waals surface area contributed by atoms with Crippen molar-refractivity contribution in [3.63, 3.8) is 0 Å². The van der Waals surface area contributed by atoms with Gasteiger partial charge in [-0.3, -0.25) is 0 Å². The maximum atomic E-state index is 10.4. The van der Waals surface area contributed by atoms with Crippen LogP contribution in [0.1, 0.15) is 51.9 Å². The van der Waals surface area contributed by atoms with Gasteiger partial charge in [-0.05, 0) is 37.3 Å². The highest BCUT2D eigenvalue weighted by Gasteiger charge is 2.26. The zero-order chi connectivity index (χ0) is 11.7. The van der Waals surface area contributed by atoms with Crippen molar-refractivity contribution in [1.82, 2.24) is 5.32 Å². The Morgan fingerprint density at radius 2 is 1.88 bits per heavy atom. The minimum Gasteiger partial charge on any atom is -0.389 e. The SMILES string of the molecule is CCSCCCNCC1(O)CCCCCC1. The first kappa shape index (κ1) is 14.3. The van der Waals surface area contributed by atoms with E-state index in [2.05, 4.69) is 12.2 Å². The van der Waals surface area contributed by atoms with Crippen LogP contribution in [0.15, 0.2) is 0 Å². The van der Waals surface area contributed by atoms with Gasteiger partial charge in [0.2, 0.25) is 0 Å². The molecule has 0 aromatic rings. The van der Waals surface area contributed by atoms with Gasteiger partial charge in [0, 0.05) is 6.54 Å². The van der Waals surface area contributed by atoms with Gasteiger partial charge in [-0.25, -0.2) is 0 Å². The highest BCUT2D eigenvalue weighted by Crippen LogP contribution is 2.26. The van der Waals surface area contributed by atoms with E-state index in [0.29, 0.717) is 0 Å². The Kier molecular flexibility index (Phi) is 7.50. The van der Waals surface area contributed by atoms with Crippen molar-refractivity contribution in [2.45, 2.75) is 57.5 Å². The van der Waals surface area contributed by atoms with Gasteiger partial charge in [-0.2, -0.15) is 11.8 Å². The van der Waals surface area contributed by atoms with E-state index in [1.807, 2.05) is 11.8 Å². The van der Waals surface area contributed by atoms with Crippen molar-refractivity contribution < 1.29 is 5.11 Å². The molecule has 96 valence electrons. The molecule has 0 bridgehead atoms. The quantitative estimate of drug-likeness (QED) is 0.534. The molecule has 0 aliphatic heterocycles. The molecule has 0 saturated heterocycles. The van der Waals surface area contributed by atoms with E-state index in [0.717, 1.165) is 25.9 Å². The van der Waals surface area contributed by atoms with Gasteiger partial charge in [0.25, 0.3) is 0 Å². The second-order valence-corrected chi connectivity index (χ2v) is 6.26. The van der Waals surface area contributed by atoms with Crippen LogP contribution in [0.4, 0.5) is 0 Å². The van der Waals surface area contributed by atoms with Crippen molar-refractivity contribution in [3.05, 3.63) is 0 Å². The molecule has 3 heteroatoms. The van der Waals surface area contributed by atoms with Crippen LogP contribution in [0.3, 0.4) is 0 Å². The van der Waals surface area contributed by atoms with Crippen LogP contribution in [0.2, 0.25) is 0 Å². The number of rotatable bonds is 7. The van der Waals surface area contributed by atoms with Crippen molar-refractivity contribution >= 4 is 11.8 Å². The molecule has 1 aliphatic rings. The lowest BCUT2D eigenvalue weighted by molar-refractivity contribution is 0.0255. The van der Waals surface area contributed by atoms with E-state index >= 15 is 0 Å². The molecule has 1 aliphatic carbocycles. The zero-order valence-corrected chi connectivity index (χ0v) is 11.5. The monoisotopic (exact) mass is 245 g/mol. The van der Waals surface area contributed by atoms with Gasteiger partial charge in [0.05, 0.1) is 5.60 Å². The second kappa shape index (κ2) is 8.37. The molecule has 0 spiro atoms. The van der Waals surface area contributed by atoms with E-state index in [9.17, 15) is 5.11 Å². The average Bonchev–Trinajstić information content (AvgIpc) is 2.49. The summed E-state index contributed by atoms with van der Waals surface area (Å²) >= 11 is 1.99. The molecule has 0 radical (unpaired) electrons. The second-order valence-electron chi connectivity index (χ2n) is 4.87. The Morgan fingerprint density at radius 3 is 2.50 bits per heavy atom. The van der Waals surface area contributed by atoms with E-state index in [-0.39, 0.29) is 0 Å². The van der Waals surface area contributed by atoms with Crippen LogP contribution in [-0.4, -0.2) is 35.3 Å². The van der Waals surface area contributed by atoms with Crippen molar-refractivity contribution in [2.24, 2.45) is 0 Å². The minimum absolute atomic E-state index is 0.408. The lowest BCUT2D eigenvalue weighted by Crippen LogP contribution is -2.40. The summed E-state index contributed by atoms with van der Waals surface area (Å²) in [5.74, 6) is 2.45.